The molecule has 2 aliphatic rings. The Morgan fingerprint density at radius 3 is 2.07 bits per heavy atom. The van der Waals surface area contributed by atoms with Crippen molar-refractivity contribution >= 4 is 46.9 Å². The van der Waals surface area contributed by atoms with Crippen LogP contribution in [0.4, 0.5) is 15.8 Å². The zero-order valence-corrected chi connectivity index (χ0v) is 37.2. The van der Waals surface area contributed by atoms with E-state index in [1.54, 1.807) is 12.1 Å². The molecule has 0 bridgehead atoms. The molecule has 5 rings (SSSR count). The molecule has 3 aromatic rings. The van der Waals surface area contributed by atoms with Gasteiger partial charge in [-0.3, -0.25) is 38.5 Å². The first-order chi connectivity index (χ1) is 32.6. The maximum absolute atomic E-state index is 13.2. The maximum Gasteiger partial charge on any atom is 0.364 e. The summed E-state index contributed by atoms with van der Waals surface area (Å²) >= 11 is 0. The summed E-state index contributed by atoms with van der Waals surface area (Å²) in [6, 6.07) is 15.3. The lowest BCUT2D eigenvalue weighted by Gasteiger charge is -2.46. The Bertz CT molecular complexity index is 2290. The number of ether oxygens (including phenoxy) is 3. The van der Waals surface area contributed by atoms with Crippen LogP contribution < -0.4 is 37.4 Å². The van der Waals surface area contributed by atoms with Gasteiger partial charge in [0.25, 0.3) is 34.4 Å². The number of anilines is 2. The van der Waals surface area contributed by atoms with Gasteiger partial charge in [-0.25, -0.2) is 9.18 Å². The number of carboxylic acid groups (broad SMARTS) is 1. The Hall–Kier alpha value is -6.43. The number of imide groups is 1. The molecule has 1 saturated heterocycles. The van der Waals surface area contributed by atoms with E-state index in [0.29, 0.717) is 37.8 Å². The van der Waals surface area contributed by atoms with E-state index in [9.17, 15) is 63.2 Å². The van der Waals surface area contributed by atoms with Crippen LogP contribution in [-0.4, -0.2) is 156 Å². The molecular formula is C46H57FN6O15. The first-order valence-corrected chi connectivity index (χ1v) is 22.2. The molecule has 0 unspecified atom stereocenters. The highest BCUT2D eigenvalue weighted by molar-refractivity contribution is 6.13. The van der Waals surface area contributed by atoms with Gasteiger partial charge in [-0.05, 0) is 29.5 Å². The van der Waals surface area contributed by atoms with Crippen molar-refractivity contribution in [3.05, 3.63) is 92.8 Å². The van der Waals surface area contributed by atoms with E-state index in [2.05, 4.69) is 26.6 Å². The number of carbonyl (C=O) groups is 6. The van der Waals surface area contributed by atoms with Gasteiger partial charge in [-0.2, -0.15) is 0 Å². The molecule has 0 aromatic heterocycles. The fraction of sp³-hybridized carbons (Fsp3) is 0.478. The number of carbonyl (C=O) groups excluding carboxylic acids is 5. The van der Waals surface area contributed by atoms with E-state index in [0.717, 1.165) is 28.2 Å². The van der Waals surface area contributed by atoms with Crippen molar-refractivity contribution in [1.29, 1.82) is 0 Å². The summed E-state index contributed by atoms with van der Waals surface area (Å²) in [5, 5.41) is 56.5. The number of amides is 5. The van der Waals surface area contributed by atoms with Crippen LogP contribution >= 0.6 is 0 Å². The van der Waals surface area contributed by atoms with Crippen molar-refractivity contribution in [2.24, 2.45) is 0 Å². The Labute approximate surface area is 389 Å². The number of hydrogen-bond donors (Lipinski definition) is 9. The van der Waals surface area contributed by atoms with Gasteiger partial charge in [0.1, 0.15) is 23.6 Å². The van der Waals surface area contributed by atoms with Crippen LogP contribution in [0.2, 0.25) is 0 Å². The molecule has 2 aliphatic heterocycles. The monoisotopic (exact) mass is 952 g/mol. The summed E-state index contributed by atoms with van der Waals surface area (Å²) in [4.78, 5) is 97.9. The van der Waals surface area contributed by atoms with Crippen molar-refractivity contribution in [3.8, 4) is 11.1 Å². The molecule has 0 radical (unpaired) electrons. The van der Waals surface area contributed by atoms with Crippen molar-refractivity contribution in [3.63, 3.8) is 0 Å². The number of benzene rings is 2. The zero-order valence-electron chi connectivity index (χ0n) is 37.2. The number of carboxylic acids is 1. The molecule has 5 amide bonds. The predicted molar refractivity (Wildman–Crippen MR) is 241 cm³/mol. The van der Waals surface area contributed by atoms with E-state index in [4.69, 9.17) is 14.2 Å². The maximum atomic E-state index is 13.2. The molecule has 21 nitrogen and oxygen atoms in total. The van der Waals surface area contributed by atoms with Crippen LogP contribution in [-0.2, 0) is 49.4 Å². The minimum Gasteiger partial charge on any atom is -0.477 e. The molecule has 9 N–H and O–H groups in total. The topological polar surface area (TPSA) is 309 Å². The van der Waals surface area contributed by atoms with Gasteiger partial charge in [0.15, 0.2) is 6.67 Å². The van der Waals surface area contributed by atoms with Crippen molar-refractivity contribution in [2.75, 3.05) is 69.9 Å². The van der Waals surface area contributed by atoms with E-state index < -0.39 is 96.3 Å². The van der Waals surface area contributed by atoms with Crippen LogP contribution in [0.3, 0.4) is 0 Å². The first-order valence-electron chi connectivity index (χ1n) is 22.2. The molecule has 0 saturated carbocycles. The number of unbranched alkanes of at least 4 members (excludes halogenated alkanes) is 3. The molecule has 0 spiro atoms. The molecular weight excluding hydrogens is 896 g/mol. The van der Waals surface area contributed by atoms with Crippen LogP contribution in [0.25, 0.3) is 11.1 Å². The largest absolute Gasteiger partial charge is 0.477 e. The number of hydrogen-bond acceptors (Lipinski definition) is 16. The summed E-state index contributed by atoms with van der Waals surface area (Å²) in [7, 11) is 0. The highest BCUT2D eigenvalue weighted by Gasteiger charge is 2.55. The third kappa shape index (κ3) is 14.5. The molecule has 2 heterocycles. The van der Waals surface area contributed by atoms with Gasteiger partial charge in [-0.1, -0.05) is 67.4 Å². The van der Waals surface area contributed by atoms with Gasteiger partial charge in [0.2, 0.25) is 11.8 Å². The normalized spacial score (nSPS) is 19.9. The smallest absolute Gasteiger partial charge is 0.364 e. The zero-order chi connectivity index (χ0) is 49.2. The fourth-order valence-electron chi connectivity index (χ4n) is 7.52. The number of nitrogens with one attached hydrogen (secondary N) is 5. The van der Waals surface area contributed by atoms with Gasteiger partial charge >= 0.3 is 5.97 Å². The standard InChI is InChI=1S/C46H57FN6O15/c47-26-35(58)52-38-31(54)25-46(45(64)65,68-44(38)41(61)32(55)27-51-34(57)24-28-10-12-30(13-11-28)29-8-4-3-5-9-29)67-21-7-2-1-6-17-49-39-40(43(63)42(39)62)50-19-23-66-22-18-48-33(56)16-20-53-36(59)14-15-37(53)60/h3-5,8-15,31-32,38,41,44,49-50,54-55,61H,1-2,6-7,16-27H2,(H,48,56)(H,51,57)(H,52,58)(H,64,65)/t31-,32+,38+,41+,44+,46+/m0/s1. The average molecular weight is 953 g/mol. The Kier molecular flexibility index (Phi) is 19.8. The number of halogens is 1. The Morgan fingerprint density at radius 2 is 1.41 bits per heavy atom. The van der Waals surface area contributed by atoms with Crippen LogP contribution in [0.15, 0.2) is 76.3 Å². The summed E-state index contributed by atoms with van der Waals surface area (Å²) in [6.45, 7) is -1.30. The third-order valence-electron chi connectivity index (χ3n) is 11.2. The van der Waals surface area contributed by atoms with Gasteiger partial charge in [0, 0.05) is 57.7 Å². The van der Waals surface area contributed by atoms with Crippen LogP contribution in [0.5, 0.6) is 0 Å². The average Bonchev–Trinajstić information content (AvgIpc) is 3.66. The molecule has 368 valence electrons. The number of aliphatic hydroxyl groups excluding tert-OH is 3. The summed E-state index contributed by atoms with van der Waals surface area (Å²) in [6.07, 6.45) is -4.09. The van der Waals surface area contributed by atoms with Crippen molar-refractivity contribution in [1.82, 2.24) is 20.9 Å². The third-order valence-corrected chi connectivity index (χ3v) is 11.2. The number of aliphatic hydroxyl groups is 3. The van der Waals surface area contributed by atoms with Gasteiger partial charge in [0.05, 0.1) is 44.5 Å². The minimum absolute atomic E-state index is 0.0371. The van der Waals surface area contributed by atoms with Crippen LogP contribution in [0, 0.1) is 0 Å². The van der Waals surface area contributed by atoms with E-state index in [-0.39, 0.29) is 69.6 Å². The molecule has 0 aliphatic carbocycles. The fourth-order valence-corrected chi connectivity index (χ4v) is 7.52. The molecule has 22 heteroatoms. The number of nitrogens with zero attached hydrogens (tertiary/aromatic N) is 1. The van der Waals surface area contributed by atoms with E-state index in [1.807, 2.05) is 42.5 Å². The summed E-state index contributed by atoms with van der Waals surface area (Å²) in [5.74, 6) is -7.24. The highest BCUT2D eigenvalue weighted by Crippen LogP contribution is 2.34. The Morgan fingerprint density at radius 1 is 0.779 bits per heavy atom. The van der Waals surface area contributed by atoms with E-state index in [1.165, 1.54) is 0 Å². The van der Waals surface area contributed by atoms with Crippen molar-refractivity contribution < 1.29 is 67.8 Å². The van der Waals surface area contributed by atoms with Crippen molar-refractivity contribution in [2.45, 2.75) is 81.2 Å². The Balaban J connectivity index is 1.00. The minimum atomic E-state index is -2.55. The number of rotatable bonds is 29. The lowest BCUT2D eigenvalue weighted by atomic mass is 9.88. The predicted octanol–water partition coefficient (Wildman–Crippen LogP) is -0.736. The second kappa shape index (κ2) is 25.6. The van der Waals surface area contributed by atoms with Gasteiger partial charge in [-0.15, -0.1) is 0 Å². The summed E-state index contributed by atoms with van der Waals surface area (Å²) < 4.78 is 30.1. The van der Waals surface area contributed by atoms with Gasteiger partial charge < -0.3 is 61.2 Å². The summed E-state index contributed by atoms with van der Waals surface area (Å²) in [5.41, 5.74) is 1.48. The van der Waals surface area contributed by atoms with E-state index >= 15 is 0 Å². The second-order valence-electron chi connectivity index (χ2n) is 16.1. The molecule has 6 atom stereocenters. The van der Waals surface area contributed by atoms with Crippen LogP contribution in [0.1, 0.15) is 44.1 Å². The molecule has 68 heavy (non-hydrogen) atoms. The second-order valence-corrected chi connectivity index (χ2v) is 16.1. The number of aliphatic carboxylic acids is 1. The molecule has 1 fully saturated rings. The number of alkyl halides is 1. The quantitative estimate of drug-likeness (QED) is 0.0235. The first kappa shape index (κ1) is 52.5. The molecule has 3 aromatic carbocycles. The highest BCUT2D eigenvalue weighted by atomic mass is 19.1. The lowest BCUT2D eigenvalue weighted by Crippen LogP contribution is -2.68. The lowest BCUT2D eigenvalue weighted by molar-refractivity contribution is -0.310. The SMILES string of the molecule is O=C(CCN1C(=O)C=CC1=O)NCCOCCNc1c(NCCCCCCO[C@]2(C(=O)O)C[C@H](O)[C@@H](NC(=O)CF)[C@H]([C@H](O)[C@H](O)CNC(=O)Cc3ccc(-c4ccccc4)cc3)O2)c(=O)c1=O.